The Morgan fingerprint density at radius 1 is 1.21 bits per heavy atom. The highest BCUT2D eigenvalue weighted by molar-refractivity contribution is 5.86. The van der Waals surface area contributed by atoms with Gasteiger partial charge in [-0.1, -0.05) is 0 Å². The largest absolute Gasteiger partial charge is 0.496 e. The molecule has 0 N–H and O–H groups in total. The van der Waals surface area contributed by atoms with Crippen LogP contribution in [-0.4, -0.2) is 33.4 Å². The van der Waals surface area contributed by atoms with Gasteiger partial charge in [-0.2, -0.15) is 0 Å². The zero-order chi connectivity index (χ0) is 14.2. The standard InChI is InChI=1S/C15H20O4/c1-9-6-12(17-4)10(2)11(3)13(9)15(7-19-8-15)14(16)18-5/h6H,7-8H2,1-5H3. The molecule has 0 unspecified atom stereocenters. The van der Waals surface area contributed by atoms with Crippen LogP contribution >= 0.6 is 0 Å². The van der Waals surface area contributed by atoms with Crippen LogP contribution < -0.4 is 4.74 Å². The molecule has 0 atom stereocenters. The Morgan fingerprint density at radius 2 is 1.84 bits per heavy atom. The predicted molar refractivity (Wildman–Crippen MR) is 71.7 cm³/mol. The van der Waals surface area contributed by atoms with E-state index in [1.807, 2.05) is 26.8 Å². The third kappa shape index (κ3) is 1.91. The van der Waals surface area contributed by atoms with Crippen molar-refractivity contribution in [2.45, 2.75) is 26.2 Å². The second-order valence-corrected chi connectivity index (χ2v) is 5.09. The number of benzene rings is 1. The third-order valence-corrected chi connectivity index (χ3v) is 4.02. The number of aryl methyl sites for hydroxylation is 1. The Labute approximate surface area is 113 Å². The maximum atomic E-state index is 12.2. The van der Waals surface area contributed by atoms with Gasteiger partial charge in [0.1, 0.15) is 11.2 Å². The van der Waals surface area contributed by atoms with Gasteiger partial charge in [-0.25, -0.2) is 0 Å². The predicted octanol–water partition coefficient (Wildman–Crippen LogP) is 2.06. The lowest BCUT2D eigenvalue weighted by atomic mass is 9.73. The van der Waals surface area contributed by atoms with Crippen LogP contribution in [0, 0.1) is 20.8 Å². The van der Waals surface area contributed by atoms with E-state index in [0.29, 0.717) is 13.2 Å². The molecule has 0 bridgehead atoms. The van der Waals surface area contributed by atoms with Crippen molar-refractivity contribution in [2.75, 3.05) is 27.4 Å². The first-order valence-electron chi connectivity index (χ1n) is 6.29. The summed E-state index contributed by atoms with van der Waals surface area (Å²) in [5, 5.41) is 0. The summed E-state index contributed by atoms with van der Waals surface area (Å²) in [6, 6.07) is 1.97. The molecule has 1 aromatic rings. The van der Waals surface area contributed by atoms with E-state index in [0.717, 1.165) is 28.0 Å². The van der Waals surface area contributed by atoms with E-state index in [-0.39, 0.29) is 5.97 Å². The third-order valence-electron chi connectivity index (χ3n) is 4.02. The maximum absolute atomic E-state index is 12.2. The summed E-state index contributed by atoms with van der Waals surface area (Å²) in [4.78, 5) is 12.2. The molecule has 0 saturated carbocycles. The molecule has 4 nitrogen and oxygen atoms in total. The topological polar surface area (TPSA) is 44.8 Å². The molecule has 0 aliphatic carbocycles. The summed E-state index contributed by atoms with van der Waals surface area (Å²) in [7, 11) is 3.08. The van der Waals surface area contributed by atoms with Crippen LogP contribution in [0.1, 0.15) is 22.3 Å². The molecule has 1 aromatic carbocycles. The zero-order valence-corrected chi connectivity index (χ0v) is 12.1. The summed E-state index contributed by atoms with van der Waals surface area (Å²) in [6.45, 7) is 6.78. The Morgan fingerprint density at radius 3 is 2.26 bits per heavy atom. The van der Waals surface area contributed by atoms with Gasteiger partial charge in [0.25, 0.3) is 0 Å². The molecule has 2 rings (SSSR count). The highest BCUT2D eigenvalue weighted by Gasteiger charge is 2.50. The Kier molecular flexibility index (Phi) is 3.54. The van der Waals surface area contributed by atoms with E-state index in [9.17, 15) is 4.79 Å². The molecule has 1 fully saturated rings. The van der Waals surface area contributed by atoms with Gasteiger partial charge >= 0.3 is 5.97 Å². The average Bonchev–Trinajstić information content (AvgIpc) is 2.35. The van der Waals surface area contributed by atoms with Crippen molar-refractivity contribution < 1.29 is 19.0 Å². The van der Waals surface area contributed by atoms with Gasteiger partial charge in [-0.05, 0) is 49.1 Å². The first-order valence-corrected chi connectivity index (χ1v) is 6.29. The van der Waals surface area contributed by atoms with Crippen molar-refractivity contribution in [3.8, 4) is 5.75 Å². The fourth-order valence-corrected chi connectivity index (χ4v) is 2.86. The van der Waals surface area contributed by atoms with E-state index in [4.69, 9.17) is 14.2 Å². The van der Waals surface area contributed by atoms with Crippen LogP contribution in [0.5, 0.6) is 5.75 Å². The molecule has 0 aromatic heterocycles. The van der Waals surface area contributed by atoms with E-state index in [2.05, 4.69) is 0 Å². The summed E-state index contributed by atoms with van der Waals surface area (Å²) < 4.78 is 15.6. The molecule has 0 amide bonds. The number of carbonyl (C=O) groups is 1. The number of carbonyl (C=O) groups excluding carboxylic acids is 1. The fraction of sp³-hybridized carbons (Fsp3) is 0.533. The zero-order valence-electron chi connectivity index (χ0n) is 12.1. The molecule has 19 heavy (non-hydrogen) atoms. The molecular formula is C15H20O4. The molecule has 0 spiro atoms. The van der Waals surface area contributed by atoms with Crippen LogP contribution in [0.25, 0.3) is 0 Å². The van der Waals surface area contributed by atoms with Crippen LogP contribution in [0.3, 0.4) is 0 Å². The molecule has 4 heteroatoms. The lowest BCUT2D eigenvalue weighted by molar-refractivity contribution is -0.166. The van der Waals surface area contributed by atoms with Gasteiger partial charge in [0.15, 0.2) is 0 Å². The second-order valence-electron chi connectivity index (χ2n) is 5.09. The van der Waals surface area contributed by atoms with Crippen LogP contribution in [0.15, 0.2) is 6.07 Å². The SMILES string of the molecule is COC(=O)C1(c2c(C)cc(OC)c(C)c2C)COC1. The van der Waals surface area contributed by atoms with Gasteiger partial charge in [0, 0.05) is 0 Å². The van der Waals surface area contributed by atoms with E-state index >= 15 is 0 Å². The van der Waals surface area contributed by atoms with Crippen LogP contribution in [0.4, 0.5) is 0 Å². The number of hydrogen-bond donors (Lipinski definition) is 0. The Balaban J connectivity index is 2.62. The van der Waals surface area contributed by atoms with Gasteiger partial charge in [0.2, 0.25) is 0 Å². The second kappa shape index (κ2) is 4.85. The summed E-state index contributed by atoms with van der Waals surface area (Å²) in [5.74, 6) is 0.619. The minimum absolute atomic E-state index is 0.227. The number of rotatable bonds is 3. The summed E-state index contributed by atoms with van der Waals surface area (Å²) >= 11 is 0. The molecule has 1 aliphatic rings. The number of hydrogen-bond acceptors (Lipinski definition) is 4. The molecule has 1 heterocycles. The maximum Gasteiger partial charge on any atom is 0.321 e. The lowest BCUT2D eigenvalue weighted by Crippen LogP contribution is -2.54. The van der Waals surface area contributed by atoms with Crippen molar-refractivity contribution in [2.24, 2.45) is 0 Å². The van der Waals surface area contributed by atoms with Gasteiger partial charge in [-0.3, -0.25) is 4.79 Å². The molecular weight excluding hydrogens is 244 g/mol. The van der Waals surface area contributed by atoms with Crippen molar-refractivity contribution >= 4 is 5.97 Å². The first-order chi connectivity index (χ1) is 8.97. The lowest BCUT2D eigenvalue weighted by Gasteiger charge is -2.41. The number of esters is 1. The number of methoxy groups -OCH3 is 2. The fourth-order valence-electron chi connectivity index (χ4n) is 2.86. The summed E-state index contributed by atoms with van der Waals surface area (Å²) in [6.07, 6.45) is 0. The average molecular weight is 264 g/mol. The van der Waals surface area contributed by atoms with Crippen LogP contribution in [0.2, 0.25) is 0 Å². The number of ether oxygens (including phenoxy) is 3. The highest BCUT2D eigenvalue weighted by Crippen LogP contribution is 2.40. The Bertz CT molecular complexity index is 515. The quantitative estimate of drug-likeness (QED) is 0.784. The molecule has 0 radical (unpaired) electrons. The summed E-state index contributed by atoms with van der Waals surface area (Å²) in [5.41, 5.74) is 3.53. The van der Waals surface area contributed by atoms with Gasteiger partial charge in [0.05, 0.1) is 27.4 Å². The van der Waals surface area contributed by atoms with Gasteiger partial charge in [-0.15, -0.1) is 0 Å². The Hall–Kier alpha value is -1.55. The van der Waals surface area contributed by atoms with E-state index < -0.39 is 5.41 Å². The van der Waals surface area contributed by atoms with E-state index in [1.54, 1.807) is 7.11 Å². The molecule has 104 valence electrons. The molecule has 1 saturated heterocycles. The highest BCUT2D eigenvalue weighted by atomic mass is 16.5. The van der Waals surface area contributed by atoms with E-state index in [1.165, 1.54) is 7.11 Å². The van der Waals surface area contributed by atoms with Crippen LogP contribution in [-0.2, 0) is 19.7 Å². The van der Waals surface area contributed by atoms with Gasteiger partial charge < -0.3 is 14.2 Å². The van der Waals surface area contributed by atoms with Crippen molar-refractivity contribution in [1.29, 1.82) is 0 Å². The first kappa shape index (κ1) is 13.9. The van der Waals surface area contributed by atoms with Crippen molar-refractivity contribution in [3.05, 3.63) is 28.3 Å². The van der Waals surface area contributed by atoms with Crippen molar-refractivity contribution in [3.63, 3.8) is 0 Å². The molecule has 1 aliphatic heterocycles. The normalized spacial score (nSPS) is 16.7. The monoisotopic (exact) mass is 264 g/mol. The minimum atomic E-state index is -0.653. The smallest absolute Gasteiger partial charge is 0.321 e. The minimum Gasteiger partial charge on any atom is -0.496 e. The van der Waals surface area contributed by atoms with Crippen molar-refractivity contribution in [1.82, 2.24) is 0 Å².